The topological polar surface area (TPSA) is 93.5 Å². The molecule has 1 aliphatic rings. The quantitative estimate of drug-likeness (QED) is 0.887. The van der Waals surface area contributed by atoms with Gasteiger partial charge in [0.15, 0.2) is 4.90 Å². The molecule has 1 aromatic heterocycles. The van der Waals surface area contributed by atoms with E-state index in [2.05, 4.69) is 9.82 Å². The Kier molecular flexibility index (Phi) is 3.79. The van der Waals surface area contributed by atoms with Crippen LogP contribution in [0.5, 0.6) is 11.6 Å². The van der Waals surface area contributed by atoms with E-state index in [9.17, 15) is 13.5 Å². The molecule has 1 aliphatic heterocycles. The van der Waals surface area contributed by atoms with Crippen LogP contribution in [0.3, 0.4) is 0 Å². The Morgan fingerprint density at radius 2 is 2.27 bits per heavy atom. The summed E-state index contributed by atoms with van der Waals surface area (Å²) in [6.07, 6.45) is 2.11. The highest BCUT2D eigenvalue weighted by Crippen LogP contribution is 2.28. The van der Waals surface area contributed by atoms with E-state index in [1.165, 1.54) is 18.3 Å². The minimum absolute atomic E-state index is 0.0409. The first-order valence-electron chi connectivity index (χ1n) is 6.97. The van der Waals surface area contributed by atoms with Gasteiger partial charge in [-0.25, -0.2) is 17.8 Å². The molecule has 2 heterocycles. The minimum Gasteiger partial charge on any atom is -0.508 e. The van der Waals surface area contributed by atoms with Crippen molar-refractivity contribution >= 4 is 10.0 Å². The van der Waals surface area contributed by atoms with Crippen molar-refractivity contribution in [3.63, 3.8) is 0 Å². The maximum Gasteiger partial charge on any atom is 0.248 e. The zero-order valence-corrected chi connectivity index (χ0v) is 12.9. The van der Waals surface area contributed by atoms with Gasteiger partial charge in [0.1, 0.15) is 5.75 Å². The Bertz CT molecular complexity index is 785. The van der Waals surface area contributed by atoms with Crippen molar-refractivity contribution in [1.82, 2.24) is 14.5 Å². The lowest BCUT2D eigenvalue weighted by Gasteiger charge is -2.18. The first-order chi connectivity index (χ1) is 10.5. The molecule has 22 heavy (non-hydrogen) atoms. The van der Waals surface area contributed by atoms with Gasteiger partial charge in [-0.2, -0.15) is 5.10 Å². The number of nitrogens with one attached hydrogen (secondary N) is 1. The molecule has 7 nitrogen and oxygen atoms in total. The van der Waals surface area contributed by atoms with Crippen LogP contribution >= 0.6 is 0 Å². The molecule has 0 saturated heterocycles. The summed E-state index contributed by atoms with van der Waals surface area (Å²) >= 11 is 0. The molecule has 0 saturated carbocycles. The number of sulfonamides is 1. The van der Waals surface area contributed by atoms with Crippen molar-refractivity contribution < 1.29 is 18.3 Å². The fourth-order valence-corrected chi connectivity index (χ4v) is 3.70. The molecule has 2 aromatic rings. The fraction of sp³-hybridized carbons (Fsp3) is 0.357. The third-order valence-electron chi connectivity index (χ3n) is 3.50. The summed E-state index contributed by atoms with van der Waals surface area (Å²) in [4.78, 5) is 0.0409. The zero-order valence-electron chi connectivity index (χ0n) is 12.1. The number of aromatic nitrogens is 2. The van der Waals surface area contributed by atoms with Gasteiger partial charge in [-0.1, -0.05) is 12.1 Å². The van der Waals surface area contributed by atoms with Gasteiger partial charge in [0.05, 0.1) is 12.8 Å². The normalized spacial score (nSPS) is 15.9. The smallest absolute Gasteiger partial charge is 0.248 e. The summed E-state index contributed by atoms with van der Waals surface area (Å²) in [6.45, 7) is 2.84. The summed E-state index contributed by atoms with van der Waals surface area (Å²) in [5, 5.41) is 13.5. The fourth-order valence-electron chi connectivity index (χ4n) is 2.39. The highest BCUT2D eigenvalue weighted by atomic mass is 32.2. The molecule has 0 amide bonds. The lowest BCUT2D eigenvalue weighted by Crippen LogP contribution is -2.27. The van der Waals surface area contributed by atoms with Gasteiger partial charge in [0.25, 0.3) is 0 Å². The van der Waals surface area contributed by atoms with Crippen molar-refractivity contribution in [1.29, 1.82) is 0 Å². The number of ether oxygens (including phenoxy) is 1. The third-order valence-corrected chi connectivity index (χ3v) is 5.03. The summed E-state index contributed by atoms with van der Waals surface area (Å²) in [6, 6.07) is 5.98. The van der Waals surface area contributed by atoms with E-state index < -0.39 is 16.1 Å². The number of nitrogens with zero attached hydrogens (tertiary/aromatic N) is 2. The Labute approximate surface area is 128 Å². The van der Waals surface area contributed by atoms with Gasteiger partial charge in [0, 0.05) is 19.0 Å². The second kappa shape index (κ2) is 5.62. The lowest BCUT2D eigenvalue weighted by molar-refractivity contribution is 0.224. The molecule has 8 heteroatoms. The van der Waals surface area contributed by atoms with Gasteiger partial charge < -0.3 is 9.84 Å². The molecular weight excluding hydrogens is 306 g/mol. The van der Waals surface area contributed by atoms with Crippen LogP contribution in [-0.4, -0.2) is 29.9 Å². The highest BCUT2D eigenvalue weighted by Gasteiger charge is 2.28. The van der Waals surface area contributed by atoms with Crippen LogP contribution in [0.4, 0.5) is 0 Å². The number of aryl methyl sites for hydroxylation is 1. The maximum atomic E-state index is 12.5. The summed E-state index contributed by atoms with van der Waals surface area (Å²) in [5.74, 6) is 0.372. The van der Waals surface area contributed by atoms with E-state index in [1.54, 1.807) is 23.7 Å². The van der Waals surface area contributed by atoms with Crippen molar-refractivity contribution in [2.45, 2.75) is 30.8 Å². The molecule has 118 valence electrons. The molecule has 1 atom stereocenters. The van der Waals surface area contributed by atoms with Gasteiger partial charge in [0.2, 0.25) is 15.9 Å². The van der Waals surface area contributed by atoms with E-state index >= 15 is 0 Å². The van der Waals surface area contributed by atoms with Gasteiger partial charge >= 0.3 is 0 Å². The van der Waals surface area contributed by atoms with Crippen LogP contribution in [0.1, 0.15) is 24.9 Å². The van der Waals surface area contributed by atoms with Crippen molar-refractivity contribution in [2.24, 2.45) is 0 Å². The molecule has 0 fully saturated rings. The zero-order chi connectivity index (χ0) is 15.7. The van der Waals surface area contributed by atoms with Crippen LogP contribution in [0.2, 0.25) is 0 Å². The number of phenols is 1. The molecular formula is C14H17N3O4S. The molecule has 3 rings (SSSR count). The van der Waals surface area contributed by atoms with E-state index in [-0.39, 0.29) is 16.5 Å². The van der Waals surface area contributed by atoms with E-state index in [0.717, 1.165) is 6.42 Å². The van der Waals surface area contributed by atoms with Crippen LogP contribution in [0.25, 0.3) is 0 Å². The standard InChI is InChI=1S/C14H17N3O4S/c1-10(11-4-2-5-12(18)8-11)16-22(19,20)13-9-15-17-6-3-7-21-14(13)17/h2,4-5,8-10,16,18H,3,6-7H2,1H3/t10-/m1/s1. The first-order valence-corrected chi connectivity index (χ1v) is 8.45. The SMILES string of the molecule is C[C@@H](NS(=O)(=O)c1cnn2c1OCCC2)c1cccc(O)c1. The van der Waals surface area contributed by atoms with Crippen LogP contribution < -0.4 is 9.46 Å². The second-order valence-electron chi connectivity index (χ2n) is 5.18. The number of aromatic hydroxyl groups is 1. The Morgan fingerprint density at radius 1 is 1.45 bits per heavy atom. The molecule has 0 bridgehead atoms. The number of hydrogen-bond acceptors (Lipinski definition) is 5. The monoisotopic (exact) mass is 323 g/mol. The molecule has 0 unspecified atom stereocenters. The van der Waals surface area contributed by atoms with Gasteiger partial charge in [-0.05, 0) is 24.6 Å². The van der Waals surface area contributed by atoms with Gasteiger partial charge in [-0.3, -0.25) is 0 Å². The first kappa shape index (κ1) is 14.9. The van der Waals surface area contributed by atoms with Crippen molar-refractivity contribution in [3.8, 4) is 11.6 Å². The summed E-state index contributed by atoms with van der Waals surface area (Å²) in [5.41, 5.74) is 0.672. The number of benzene rings is 1. The number of phenolic OH excluding ortho intramolecular Hbond substituents is 1. The Hall–Kier alpha value is -2.06. The maximum absolute atomic E-state index is 12.5. The van der Waals surface area contributed by atoms with Crippen molar-refractivity contribution in [3.05, 3.63) is 36.0 Å². The second-order valence-corrected chi connectivity index (χ2v) is 6.86. The summed E-state index contributed by atoms with van der Waals surface area (Å²) < 4.78 is 34.6. The van der Waals surface area contributed by atoms with E-state index in [1.807, 2.05) is 0 Å². The number of hydrogen-bond donors (Lipinski definition) is 2. The van der Waals surface area contributed by atoms with Crippen LogP contribution in [-0.2, 0) is 16.6 Å². The predicted octanol–water partition coefficient (Wildman–Crippen LogP) is 1.41. The third kappa shape index (κ3) is 2.79. The number of rotatable bonds is 4. The van der Waals surface area contributed by atoms with Crippen molar-refractivity contribution in [2.75, 3.05) is 6.61 Å². The Morgan fingerprint density at radius 3 is 3.05 bits per heavy atom. The minimum atomic E-state index is -3.76. The molecule has 1 aromatic carbocycles. The van der Waals surface area contributed by atoms with E-state index in [0.29, 0.717) is 18.7 Å². The van der Waals surface area contributed by atoms with Crippen LogP contribution in [0.15, 0.2) is 35.4 Å². The number of fused-ring (bicyclic) bond motifs is 1. The Balaban J connectivity index is 1.86. The highest BCUT2D eigenvalue weighted by molar-refractivity contribution is 7.89. The van der Waals surface area contributed by atoms with Gasteiger partial charge in [-0.15, -0.1) is 0 Å². The lowest BCUT2D eigenvalue weighted by atomic mass is 10.1. The molecule has 0 aliphatic carbocycles. The average molecular weight is 323 g/mol. The molecule has 2 N–H and O–H groups in total. The van der Waals surface area contributed by atoms with Crippen LogP contribution in [0, 0.1) is 0 Å². The average Bonchev–Trinajstić information content (AvgIpc) is 2.91. The molecule has 0 radical (unpaired) electrons. The predicted molar refractivity (Wildman–Crippen MR) is 79.2 cm³/mol. The summed E-state index contributed by atoms with van der Waals surface area (Å²) in [7, 11) is -3.76. The largest absolute Gasteiger partial charge is 0.508 e. The molecule has 0 spiro atoms. The van der Waals surface area contributed by atoms with E-state index in [4.69, 9.17) is 4.74 Å².